The van der Waals surface area contributed by atoms with Crippen LogP contribution in [0, 0.1) is 0 Å². The van der Waals surface area contributed by atoms with Crippen molar-refractivity contribution in [3.8, 4) is 0 Å². The summed E-state index contributed by atoms with van der Waals surface area (Å²) in [6, 6.07) is 5.62. The van der Waals surface area contributed by atoms with Crippen molar-refractivity contribution in [3.63, 3.8) is 0 Å². The summed E-state index contributed by atoms with van der Waals surface area (Å²) in [6.45, 7) is 0. The number of nitrogens with zero attached hydrogens (tertiary/aromatic N) is 1. The molecule has 0 spiro atoms. The van der Waals surface area contributed by atoms with Gasteiger partial charge in [0.25, 0.3) is 0 Å². The van der Waals surface area contributed by atoms with E-state index in [2.05, 4.69) is 10.3 Å². The maximum Gasteiger partial charge on any atom is 0.416 e. The van der Waals surface area contributed by atoms with Gasteiger partial charge in [0.15, 0.2) is 0 Å². The molecule has 0 aliphatic rings. The van der Waals surface area contributed by atoms with Gasteiger partial charge in [-0.3, -0.25) is 0 Å². The normalized spacial score (nSPS) is 11.2. The number of hydrogen-bond donors (Lipinski definition) is 2. The van der Waals surface area contributed by atoms with Gasteiger partial charge in [0.1, 0.15) is 5.82 Å². The zero-order chi connectivity index (χ0) is 15.6. The van der Waals surface area contributed by atoms with Gasteiger partial charge in [-0.15, -0.1) is 0 Å². The molecule has 0 atom stereocenters. The van der Waals surface area contributed by atoms with E-state index in [-0.39, 0.29) is 22.1 Å². The van der Waals surface area contributed by atoms with E-state index in [1.165, 1.54) is 12.1 Å². The predicted octanol–water partition coefficient (Wildman–Crippen LogP) is 4.20. The molecule has 1 aromatic carbocycles. The third kappa shape index (κ3) is 3.63. The first-order chi connectivity index (χ1) is 9.77. The first-order valence-corrected chi connectivity index (χ1v) is 5.98. The second-order valence-corrected chi connectivity index (χ2v) is 4.47. The molecular formula is C13H8ClF3N2O2. The Bertz CT molecular complexity index is 689. The lowest BCUT2D eigenvalue weighted by Gasteiger charge is -2.10. The van der Waals surface area contributed by atoms with E-state index in [4.69, 9.17) is 16.7 Å². The average Bonchev–Trinajstić information content (AvgIpc) is 2.40. The zero-order valence-electron chi connectivity index (χ0n) is 10.3. The number of pyridine rings is 1. The van der Waals surface area contributed by atoms with E-state index in [0.29, 0.717) is 0 Å². The minimum Gasteiger partial charge on any atom is -0.478 e. The number of rotatable bonds is 3. The highest BCUT2D eigenvalue weighted by atomic mass is 35.5. The Balaban J connectivity index is 2.31. The second kappa shape index (κ2) is 5.61. The fourth-order valence-electron chi connectivity index (χ4n) is 1.59. The number of aromatic carboxylic acids is 1. The summed E-state index contributed by atoms with van der Waals surface area (Å²) in [5, 5.41) is 11.5. The van der Waals surface area contributed by atoms with Crippen LogP contribution in [0.25, 0.3) is 0 Å². The number of carbonyl (C=O) groups is 1. The molecule has 21 heavy (non-hydrogen) atoms. The van der Waals surface area contributed by atoms with Crippen LogP contribution in [0.5, 0.6) is 0 Å². The largest absolute Gasteiger partial charge is 0.478 e. The quantitative estimate of drug-likeness (QED) is 0.891. The Kier molecular flexibility index (Phi) is 4.04. The van der Waals surface area contributed by atoms with Crippen molar-refractivity contribution >= 4 is 29.1 Å². The summed E-state index contributed by atoms with van der Waals surface area (Å²) in [4.78, 5) is 14.7. The topological polar surface area (TPSA) is 62.2 Å². The van der Waals surface area contributed by atoms with E-state index >= 15 is 0 Å². The molecule has 2 rings (SSSR count). The standard InChI is InChI=1S/C13H8ClF3N2O2/c14-10-6-18-11(5-9(10)12(20)21)19-8-3-1-2-7(4-8)13(15,16)17/h1-6H,(H,18,19)(H,20,21). The molecular weight excluding hydrogens is 309 g/mol. The number of carboxylic acid groups (broad SMARTS) is 1. The van der Waals surface area contributed by atoms with Crippen LogP contribution in [-0.4, -0.2) is 16.1 Å². The molecule has 0 radical (unpaired) electrons. The summed E-state index contributed by atoms with van der Waals surface area (Å²) < 4.78 is 37.8. The lowest BCUT2D eigenvalue weighted by Crippen LogP contribution is -2.06. The van der Waals surface area contributed by atoms with E-state index in [1.807, 2.05) is 0 Å². The molecule has 8 heteroatoms. The van der Waals surface area contributed by atoms with E-state index in [9.17, 15) is 18.0 Å². The number of anilines is 2. The molecule has 0 aliphatic carbocycles. The highest BCUT2D eigenvalue weighted by molar-refractivity contribution is 6.33. The van der Waals surface area contributed by atoms with Gasteiger partial charge in [0.2, 0.25) is 0 Å². The lowest BCUT2D eigenvalue weighted by molar-refractivity contribution is -0.137. The summed E-state index contributed by atoms with van der Waals surface area (Å²) in [5.74, 6) is -1.18. The van der Waals surface area contributed by atoms with Gasteiger partial charge in [-0.1, -0.05) is 17.7 Å². The van der Waals surface area contributed by atoms with Gasteiger partial charge in [-0.25, -0.2) is 9.78 Å². The van der Waals surface area contributed by atoms with Crippen LogP contribution in [0.15, 0.2) is 36.5 Å². The summed E-state index contributed by atoms with van der Waals surface area (Å²) >= 11 is 5.66. The molecule has 0 saturated heterocycles. The smallest absolute Gasteiger partial charge is 0.416 e. The Morgan fingerprint density at radius 3 is 2.62 bits per heavy atom. The molecule has 2 N–H and O–H groups in total. The number of alkyl halides is 3. The highest BCUT2D eigenvalue weighted by Crippen LogP contribution is 2.31. The summed E-state index contributed by atoms with van der Waals surface area (Å²) in [6.07, 6.45) is -3.35. The Morgan fingerprint density at radius 1 is 1.29 bits per heavy atom. The van der Waals surface area contributed by atoms with E-state index in [1.54, 1.807) is 0 Å². The van der Waals surface area contributed by atoms with Crippen LogP contribution in [0.1, 0.15) is 15.9 Å². The van der Waals surface area contributed by atoms with Crippen LogP contribution in [0.4, 0.5) is 24.7 Å². The Labute approximate surface area is 122 Å². The predicted molar refractivity (Wildman–Crippen MR) is 70.9 cm³/mol. The van der Waals surface area contributed by atoms with Crippen molar-refractivity contribution in [1.29, 1.82) is 0 Å². The van der Waals surface area contributed by atoms with Crippen molar-refractivity contribution in [2.45, 2.75) is 6.18 Å². The fourth-order valence-corrected chi connectivity index (χ4v) is 1.78. The number of benzene rings is 1. The maximum absolute atomic E-state index is 12.6. The monoisotopic (exact) mass is 316 g/mol. The van der Waals surface area contributed by atoms with Crippen molar-refractivity contribution < 1.29 is 23.1 Å². The molecule has 1 heterocycles. The maximum atomic E-state index is 12.6. The van der Waals surface area contributed by atoms with Gasteiger partial charge in [0, 0.05) is 11.9 Å². The Morgan fingerprint density at radius 2 is 2.00 bits per heavy atom. The SMILES string of the molecule is O=C(O)c1cc(Nc2cccc(C(F)(F)F)c2)ncc1Cl. The summed E-state index contributed by atoms with van der Waals surface area (Å²) in [7, 11) is 0. The van der Waals surface area contributed by atoms with Crippen LogP contribution < -0.4 is 5.32 Å². The molecule has 1 aromatic heterocycles. The fraction of sp³-hybridized carbons (Fsp3) is 0.0769. The molecule has 110 valence electrons. The second-order valence-electron chi connectivity index (χ2n) is 4.06. The van der Waals surface area contributed by atoms with E-state index < -0.39 is 17.7 Å². The molecule has 0 fully saturated rings. The lowest BCUT2D eigenvalue weighted by atomic mass is 10.2. The molecule has 0 saturated carbocycles. The average molecular weight is 317 g/mol. The minimum atomic E-state index is -4.46. The highest BCUT2D eigenvalue weighted by Gasteiger charge is 2.30. The third-order valence-corrected chi connectivity index (χ3v) is 2.85. The number of hydrogen-bond acceptors (Lipinski definition) is 3. The van der Waals surface area contributed by atoms with Crippen molar-refractivity contribution in [2.24, 2.45) is 0 Å². The third-order valence-electron chi connectivity index (χ3n) is 2.55. The first kappa shape index (κ1) is 15.1. The van der Waals surface area contributed by atoms with E-state index in [0.717, 1.165) is 24.4 Å². The molecule has 2 aromatic rings. The first-order valence-electron chi connectivity index (χ1n) is 5.60. The number of halogens is 4. The number of nitrogens with one attached hydrogen (secondary N) is 1. The molecule has 0 bridgehead atoms. The summed E-state index contributed by atoms with van der Waals surface area (Å²) in [5.41, 5.74) is -0.878. The van der Waals surface area contributed by atoms with Gasteiger partial charge in [0.05, 0.1) is 16.1 Å². The number of aromatic nitrogens is 1. The van der Waals surface area contributed by atoms with Crippen molar-refractivity contribution in [3.05, 3.63) is 52.7 Å². The van der Waals surface area contributed by atoms with Crippen LogP contribution in [0.3, 0.4) is 0 Å². The molecule has 0 amide bonds. The van der Waals surface area contributed by atoms with Crippen LogP contribution in [0.2, 0.25) is 5.02 Å². The van der Waals surface area contributed by atoms with Crippen LogP contribution >= 0.6 is 11.6 Å². The molecule has 4 nitrogen and oxygen atoms in total. The van der Waals surface area contributed by atoms with Gasteiger partial charge < -0.3 is 10.4 Å². The molecule has 0 aliphatic heterocycles. The van der Waals surface area contributed by atoms with Crippen LogP contribution in [-0.2, 0) is 6.18 Å². The van der Waals surface area contributed by atoms with Gasteiger partial charge >= 0.3 is 12.1 Å². The van der Waals surface area contributed by atoms with Crippen molar-refractivity contribution in [2.75, 3.05) is 5.32 Å². The van der Waals surface area contributed by atoms with Gasteiger partial charge in [-0.2, -0.15) is 13.2 Å². The van der Waals surface area contributed by atoms with Gasteiger partial charge in [-0.05, 0) is 24.3 Å². The molecule has 0 unspecified atom stereocenters. The minimum absolute atomic E-state index is 0.0582. The number of carboxylic acids is 1. The zero-order valence-corrected chi connectivity index (χ0v) is 11.0. The Hall–Kier alpha value is -2.28. The van der Waals surface area contributed by atoms with Crippen molar-refractivity contribution in [1.82, 2.24) is 4.98 Å².